The summed E-state index contributed by atoms with van der Waals surface area (Å²) in [6.45, 7) is 8.11. The van der Waals surface area contributed by atoms with Crippen molar-refractivity contribution in [3.05, 3.63) is 25.3 Å². The molecule has 3 rings (SSSR count). The van der Waals surface area contributed by atoms with E-state index in [-0.39, 0.29) is 32.1 Å². The van der Waals surface area contributed by atoms with Crippen LogP contribution in [-0.4, -0.2) is 98.1 Å². The van der Waals surface area contributed by atoms with Crippen LogP contribution in [-0.2, 0) is 52.4 Å². The summed E-state index contributed by atoms with van der Waals surface area (Å²) in [5, 5.41) is 9.92. The molecule has 0 heterocycles. The number of hydrogen-bond donors (Lipinski definition) is 1. The van der Waals surface area contributed by atoms with Gasteiger partial charge in [-0.2, -0.15) is 0 Å². The van der Waals surface area contributed by atoms with Crippen LogP contribution in [0.15, 0.2) is 25.3 Å². The van der Waals surface area contributed by atoms with Gasteiger partial charge >= 0.3 is 29.8 Å². The number of aliphatic carboxylic acids is 1. The van der Waals surface area contributed by atoms with E-state index in [0.29, 0.717) is 52.1 Å². The lowest BCUT2D eigenvalue weighted by molar-refractivity contribution is -0.176. The summed E-state index contributed by atoms with van der Waals surface area (Å²) < 4.78 is 62.6. The first-order valence-electron chi connectivity index (χ1n) is 19.3. The molecule has 0 aliphatic heterocycles. The van der Waals surface area contributed by atoms with Gasteiger partial charge in [0.05, 0.1) is 43.2 Å². The van der Waals surface area contributed by atoms with Crippen LogP contribution in [0.2, 0.25) is 0 Å². The van der Waals surface area contributed by atoms with E-state index in [9.17, 15) is 37.9 Å². The Labute approximate surface area is 311 Å². The molecule has 3 aliphatic rings. The van der Waals surface area contributed by atoms with Crippen molar-refractivity contribution >= 4 is 29.8 Å². The van der Waals surface area contributed by atoms with E-state index in [1.54, 1.807) is 0 Å². The minimum Gasteiger partial charge on any atom is -0.481 e. The molecule has 3 fully saturated rings. The Morgan fingerprint density at radius 3 is 1.43 bits per heavy atom. The zero-order chi connectivity index (χ0) is 38.6. The topological polar surface area (TPSA) is 161 Å². The van der Waals surface area contributed by atoms with Crippen molar-refractivity contribution in [2.45, 2.75) is 146 Å². The summed E-state index contributed by atoms with van der Waals surface area (Å²) in [4.78, 5) is 60.2. The number of carboxylic acid groups (broad SMARTS) is 1. The van der Waals surface area contributed by atoms with E-state index in [2.05, 4.69) is 13.2 Å². The average molecular weight is 757 g/mol. The molecular formula is C39H58F2O12. The summed E-state index contributed by atoms with van der Waals surface area (Å²) in [5.74, 6) is -5.73. The predicted molar refractivity (Wildman–Crippen MR) is 188 cm³/mol. The van der Waals surface area contributed by atoms with Gasteiger partial charge in [-0.05, 0) is 89.9 Å². The molecule has 9 atom stereocenters. The molecule has 0 radical (unpaired) electrons. The number of rotatable bonds is 23. The molecular weight excluding hydrogens is 698 g/mol. The Morgan fingerprint density at radius 1 is 0.566 bits per heavy atom. The van der Waals surface area contributed by atoms with Crippen LogP contribution in [0, 0.1) is 17.8 Å². The minimum atomic E-state index is -1.35. The van der Waals surface area contributed by atoms with E-state index in [4.69, 9.17) is 28.4 Å². The Morgan fingerprint density at radius 2 is 1.00 bits per heavy atom. The number of carboxylic acids is 1. The Hall–Kier alpha value is -3.39. The van der Waals surface area contributed by atoms with Gasteiger partial charge < -0.3 is 33.5 Å². The van der Waals surface area contributed by atoms with Gasteiger partial charge in [-0.1, -0.05) is 26.0 Å². The van der Waals surface area contributed by atoms with Crippen LogP contribution in [0.1, 0.15) is 109 Å². The van der Waals surface area contributed by atoms with Crippen LogP contribution in [0.5, 0.6) is 0 Å². The fourth-order valence-corrected chi connectivity index (χ4v) is 7.15. The normalized spacial score (nSPS) is 28.6. The van der Waals surface area contributed by atoms with Crippen molar-refractivity contribution < 1.29 is 66.3 Å². The van der Waals surface area contributed by atoms with E-state index >= 15 is 0 Å². The molecule has 3 aliphatic carbocycles. The van der Waals surface area contributed by atoms with Crippen molar-refractivity contribution in [2.75, 3.05) is 26.4 Å². The van der Waals surface area contributed by atoms with Crippen molar-refractivity contribution in [3.63, 3.8) is 0 Å². The summed E-state index contributed by atoms with van der Waals surface area (Å²) in [5.41, 5.74) is 0. The van der Waals surface area contributed by atoms with Crippen LogP contribution in [0.25, 0.3) is 0 Å². The summed E-state index contributed by atoms with van der Waals surface area (Å²) in [7, 11) is 0. The molecule has 53 heavy (non-hydrogen) atoms. The molecule has 3 saturated carbocycles. The summed E-state index contributed by atoms with van der Waals surface area (Å²) >= 11 is 0. The summed E-state index contributed by atoms with van der Waals surface area (Å²) in [6, 6.07) is 0. The number of esters is 4. The lowest BCUT2D eigenvalue weighted by Gasteiger charge is -2.36. The van der Waals surface area contributed by atoms with Gasteiger partial charge in [-0.3, -0.25) is 14.4 Å². The second-order valence-corrected chi connectivity index (χ2v) is 14.2. The fraction of sp³-hybridized carbons (Fsp3) is 0.769. The Balaban J connectivity index is 1.31. The quantitative estimate of drug-likeness (QED) is 0.0536. The van der Waals surface area contributed by atoms with E-state index in [1.807, 2.05) is 0 Å². The summed E-state index contributed by atoms with van der Waals surface area (Å²) in [6.07, 6.45) is 4.76. The number of carbonyl (C=O) groups excluding carboxylic acids is 4. The highest BCUT2D eigenvalue weighted by Crippen LogP contribution is 2.36. The van der Waals surface area contributed by atoms with Gasteiger partial charge in [-0.25, -0.2) is 18.4 Å². The second kappa shape index (κ2) is 24.1. The van der Waals surface area contributed by atoms with E-state index in [0.717, 1.165) is 63.5 Å². The van der Waals surface area contributed by atoms with Gasteiger partial charge in [0.25, 0.3) is 0 Å². The van der Waals surface area contributed by atoms with Gasteiger partial charge in [-0.15, -0.1) is 0 Å². The number of unbranched alkanes of at least 4 members (excludes halogenated alkanes) is 6. The number of hydrogen-bond acceptors (Lipinski definition) is 11. The third-order valence-corrected chi connectivity index (χ3v) is 10.3. The minimum absolute atomic E-state index is 0.0348. The van der Waals surface area contributed by atoms with E-state index < -0.39 is 84.4 Å². The van der Waals surface area contributed by atoms with Crippen molar-refractivity contribution in [1.29, 1.82) is 0 Å². The third kappa shape index (κ3) is 15.9. The predicted octanol–water partition coefficient (Wildman–Crippen LogP) is 6.32. The zero-order valence-electron chi connectivity index (χ0n) is 30.8. The standard InChI is InChI=1S/C39H58F2O12/c1-3-35(42)50-21-11-7-5-9-19-48-33-16-13-26(23-30(33)40)38(46)52-28-15-18-32(29(25-28)37(44)45)53-39(47)27-14-17-34(31(41)24-27)49-20-10-6-8-12-22-51-36(43)4-2/h3-4,26-34H,1-2,5-25H2,(H,44,45). The van der Waals surface area contributed by atoms with E-state index in [1.165, 1.54) is 0 Å². The maximum absolute atomic E-state index is 15.0. The van der Waals surface area contributed by atoms with Gasteiger partial charge in [0, 0.05) is 31.8 Å². The Bertz CT molecular complexity index is 1200. The molecule has 0 spiro atoms. The SMILES string of the molecule is C=CC(=O)OCCCCCCOC1CCC(C(=O)OC2CCC(OC(=O)C3CCC(OCCCCCCOC(=O)C=C)C(F)C3)C(C(=O)O)C2)CC1F. The molecule has 0 aromatic heterocycles. The highest BCUT2D eigenvalue weighted by molar-refractivity contribution is 5.81. The number of carbonyl (C=O) groups is 5. The highest BCUT2D eigenvalue weighted by atomic mass is 19.1. The molecule has 0 aromatic carbocycles. The first-order chi connectivity index (χ1) is 25.5. The molecule has 0 aromatic rings. The first kappa shape index (κ1) is 44.0. The molecule has 300 valence electrons. The third-order valence-electron chi connectivity index (χ3n) is 10.3. The fourth-order valence-electron chi connectivity index (χ4n) is 7.15. The lowest BCUT2D eigenvalue weighted by Crippen LogP contribution is -2.44. The maximum Gasteiger partial charge on any atom is 0.330 e. The maximum atomic E-state index is 15.0. The zero-order valence-corrected chi connectivity index (χ0v) is 30.8. The van der Waals surface area contributed by atoms with Gasteiger partial charge in [0.2, 0.25) is 0 Å². The molecule has 0 saturated heterocycles. The number of alkyl halides is 2. The molecule has 14 heteroatoms. The number of halogens is 2. The second-order valence-electron chi connectivity index (χ2n) is 14.2. The monoisotopic (exact) mass is 756 g/mol. The van der Waals surface area contributed by atoms with Crippen LogP contribution in [0.4, 0.5) is 8.78 Å². The lowest BCUT2D eigenvalue weighted by atomic mass is 9.83. The molecule has 9 unspecified atom stereocenters. The van der Waals surface area contributed by atoms with Gasteiger partial charge in [0.15, 0.2) is 0 Å². The van der Waals surface area contributed by atoms with Crippen molar-refractivity contribution in [1.82, 2.24) is 0 Å². The highest BCUT2D eigenvalue weighted by Gasteiger charge is 2.43. The molecule has 0 amide bonds. The van der Waals surface area contributed by atoms with Gasteiger partial charge in [0.1, 0.15) is 24.6 Å². The first-order valence-corrected chi connectivity index (χ1v) is 19.3. The number of ether oxygens (including phenoxy) is 6. The van der Waals surface area contributed by atoms with Crippen molar-refractivity contribution in [2.24, 2.45) is 17.8 Å². The molecule has 12 nitrogen and oxygen atoms in total. The van der Waals surface area contributed by atoms with Crippen molar-refractivity contribution in [3.8, 4) is 0 Å². The smallest absolute Gasteiger partial charge is 0.330 e. The average Bonchev–Trinajstić information content (AvgIpc) is 3.14. The van der Waals surface area contributed by atoms with Crippen LogP contribution in [0.3, 0.4) is 0 Å². The van der Waals surface area contributed by atoms with Crippen LogP contribution < -0.4 is 0 Å². The van der Waals surface area contributed by atoms with Crippen LogP contribution >= 0.6 is 0 Å². The molecule has 1 N–H and O–H groups in total. The Kier molecular flexibility index (Phi) is 20.0. The molecule has 0 bridgehead atoms. The largest absolute Gasteiger partial charge is 0.481 e.